The minimum Gasteiger partial charge on any atom is -0.350 e. The van der Waals surface area contributed by atoms with Gasteiger partial charge in [-0.05, 0) is 43.8 Å². The van der Waals surface area contributed by atoms with Gasteiger partial charge in [-0.1, -0.05) is 29.8 Å². The van der Waals surface area contributed by atoms with E-state index < -0.39 is 6.04 Å². The van der Waals surface area contributed by atoms with Crippen LogP contribution >= 0.6 is 11.3 Å². The lowest BCUT2D eigenvalue weighted by atomic mass is 10.1. The second-order valence-corrected chi connectivity index (χ2v) is 7.66. The van der Waals surface area contributed by atoms with E-state index in [1.165, 1.54) is 10.2 Å². The van der Waals surface area contributed by atoms with Crippen molar-refractivity contribution in [2.75, 3.05) is 0 Å². The molecule has 0 fully saturated rings. The third kappa shape index (κ3) is 3.04. The molecule has 0 unspecified atom stereocenters. The van der Waals surface area contributed by atoms with Crippen molar-refractivity contribution in [1.29, 1.82) is 0 Å². The summed E-state index contributed by atoms with van der Waals surface area (Å²) in [5.41, 5.74) is 3.44. The Hall–Kier alpha value is -2.93. The number of carbonyl (C=O) groups excluding carboxylic acids is 1. The molecule has 0 aliphatic carbocycles. The second-order valence-electron chi connectivity index (χ2n) is 6.71. The predicted octanol–water partition coefficient (Wildman–Crippen LogP) is 3.20. The molecular formula is C20H20N4O2S. The molecule has 4 aromatic rings. The van der Waals surface area contributed by atoms with Crippen LogP contribution in [0, 0.1) is 13.8 Å². The molecule has 0 radical (unpaired) electrons. The van der Waals surface area contributed by atoms with E-state index in [4.69, 9.17) is 0 Å². The minimum atomic E-state index is -0.695. The number of nitrogens with zero attached hydrogens (tertiary/aromatic N) is 3. The highest BCUT2D eigenvalue weighted by molar-refractivity contribution is 7.17. The fourth-order valence-corrected chi connectivity index (χ4v) is 4.01. The second kappa shape index (κ2) is 6.66. The summed E-state index contributed by atoms with van der Waals surface area (Å²) in [5.74, 6) is 0.443. The molecule has 1 N–H and O–H groups in total. The maximum Gasteiger partial charge on any atom is 0.291 e. The monoisotopic (exact) mass is 380 g/mol. The Bertz CT molecular complexity index is 1200. The fraction of sp³-hybridized carbons (Fsp3) is 0.250. The molecule has 1 amide bonds. The Morgan fingerprint density at radius 2 is 1.93 bits per heavy atom. The zero-order valence-corrected chi connectivity index (χ0v) is 16.2. The Kier molecular flexibility index (Phi) is 4.31. The van der Waals surface area contributed by atoms with Crippen molar-refractivity contribution < 1.29 is 4.79 Å². The van der Waals surface area contributed by atoms with Crippen LogP contribution in [-0.4, -0.2) is 20.1 Å². The Balaban J connectivity index is 1.62. The summed E-state index contributed by atoms with van der Waals surface area (Å²) in [4.78, 5) is 25.5. The molecule has 0 aliphatic heterocycles. The Morgan fingerprint density at radius 3 is 2.67 bits per heavy atom. The largest absolute Gasteiger partial charge is 0.350 e. The van der Waals surface area contributed by atoms with Gasteiger partial charge in [-0.2, -0.15) is 5.10 Å². The lowest BCUT2D eigenvalue weighted by Gasteiger charge is -2.15. The van der Waals surface area contributed by atoms with Gasteiger partial charge >= 0.3 is 0 Å². The third-order valence-corrected chi connectivity index (χ3v) is 5.61. The van der Waals surface area contributed by atoms with Gasteiger partial charge < -0.3 is 5.32 Å². The number of thiophene rings is 1. The lowest BCUT2D eigenvalue weighted by molar-refractivity contribution is -0.124. The zero-order chi connectivity index (χ0) is 19.1. The van der Waals surface area contributed by atoms with Crippen LogP contribution < -0.4 is 10.9 Å². The van der Waals surface area contributed by atoms with Gasteiger partial charge in [0, 0.05) is 6.54 Å². The van der Waals surface area contributed by atoms with Crippen LogP contribution in [0.5, 0.6) is 0 Å². The molecule has 1 aromatic carbocycles. The van der Waals surface area contributed by atoms with E-state index in [0.29, 0.717) is 17.9 Å². The van der Waals surface area contributed by atoms with Gasteiger partial charge in [0.2, 0.25) is 5.91 Å². The molecular weight excluding hydrogens is 360 g/mol. The maximum absolute atomic E-state index is 12.9. The summed E-state index contributed by atoms with van der Waals surface area (Å²) >= 11 is 1.58. The number of hydrogen-bond acceptors (Lipinski definition) is 4. The van der Waals surface area contributed by atoms with E-state index in [-0.39, 0.29) is 11.5 Å². The molecule has 0 saturated carbocycles. The number of rotatable bonds is 4. The Morgan fingerprint density at radius 1 is 1.19 bits per heavy atom. The van der Waals surface area contributed by atoms with Crippen molar-refractivity contribution in [3.05, 3.63) is 69.1 Å². The summed E-state index contributed by atoms with van der Waals surface area (Å²) in [6.45, 7) is 5.98. The SMILES string of the molecule is Cc1ccc(CNC(=O)[C@H](C)n2nc(C)n3c(cc4sccc43)c2=O)cc1. The van der Waals surface area contributed by atoms with Crippen LogP contribution in [0.2, 0.25) is 0 Å². The molecule has 138 valence electrons. The molecule has 7 heteroatoms. The highest BCUT2D eigenvalue weighted by Crippen LogP contribution is 2.24. The van der Waals surface area contributed by atoms with Crippen LogP contribution in [0.15, 0.2) is 46.6 Å². The van der Waals surface area contributed by atoms with E-state index in [1.807, 2.05) is 60.0 Å². The quantitative estimate of drug-likeness (QED) is 0.591. The van der Waals surface area contributed by atoms with Gasteiger partial charge in [-0.25, -0.2) is 4.68 Å². The highest BCUT2D eigenvalue weighted by atomic mass is 32.1. The molecule has 27 heavy (non-hydrogen) atoms. The number of aromatic nitrogens is 3. The van der Waals surface area contributed by atoms with Crippen molar-refractivity contribution in [2.45, 2.75) is 33.4 Å². The van der Waals surface area contributed by atoms with Gasteiger partial charge in [0.15, 0.2) is 0 Å². The van der Waals surface area contributed by atoms with Crippen LogP contribution in [0.1, 0.15) is 29.9 Å². The van der Waals surface area contributed by atoms with Crippen molar-refractivity contribution in [3.63, 3.8) is 0 Å². The molecule has 0 saturated heterocycles. The van der Waals surface area contributed by atoms with E-state index >= 15 is 0 Å². The first-order valence-electron chi connectivity index (χ1n) is 8.77. The third-order valence-electron chi connectivity index (χ3n) is 4.76. The first-order valence-corrected chi connectivity index (χ1v) is 9.65. The zero-order valence-electron chi connectivity index (χ0n) is 15.4. The molecule has 0 spiro atoms. The van der Waals surface area contributed by atoms with Gasteiger partial charge in [-0.15, -0.1) is 11.3 Å². The topological polar surface area (TPSA) is 68.4 Å². The molecule has 6 nitrogen and oxygen atoms in total. The van der Waals surface area contributed by atoms with Gasteiger partial charge in [0.25, 0.3) is 5.56 Å². The molecule has 4 rings (SSSR count). The summed E-state index contributed by atoms with van der Waals surface area (Å²) in [6.07, 6.45) is 0. The van der Waals surface area contributed by atoms with Crippen molar-refractivity contribution in [3.8, 4) is 0 Å². The predicted molar refractivity (Wildman–Crippen MR) is 107 cm³/mol. The van der Waals surface area contributed by atoms with Crippen molar-refractivity contribution in [2.24, 2.45) is 0 Å². The van der Waals surface area contributed by atoms with Crippen LogP contribution in [0.25, 0.3) is 15.7 Å². The number of benzene rings is 1. The van der Waals surface area contributed by atoms with Crippen molar-refractivity contribution >= 4 is 33.0 Å². The molecule has 0 bridgehead atoms. The Labute approximate surface area is 160 Å². The summed E-state index contributed by atoms with van der Waals surface area (Å²) in [5, 5.41) is 9.28. The van der Waals surface area contributed by atoms with E-state index in [2.05, 4.69) is 10.4 Å². The highest BCUT2D eigenvalue weighted by Gasteiger charge is 2.21. The van der Waals surface area contributed by atoms with Gasteiger partial charge in [-0.3, -0.25) is 14.0 Å². The minimum absolute atomic E-state index is 0.234. The number of fused-ring (bicyclic) bond motifs is 3. The van der Waals surface area contributed by atoms with E-state index in [9.17, 15) is 9.59 Å². The molecule has 1 atom stereocenters. The van der Waals surface area contributed by atoms with Gasteiger partial charge in [0.05, 0.1) is 10.2 Å². The summed E-state index contributed by atoms with van der Waals surface area (Å²) in [7, 11) is 0. The average molecular weight is 380 g/mol. The smallest absolute Gasteiger partial charge is 0.291 e. The first-order chi connectivity index (χ1) is 13.0. The normalized spacial score (nSPS) is 12.6. The van der Waals surface area contributed by atoms with E-state index in [0.717, 1.165) is 15.8 Å². The lowest BCUT2D eigenvalue weighted by Crippen LogP contribution is -2.38. The molecule has 3 aromatic heterocycles. The number of hydrogen-bond donors (Lipinski definition) is 1. The van der Waals surface area contributed by atoms with Gasteiger partial charge in [0.1, 0.15) is 17.4 Å². The van der Waals surface area contributed by atoms with Crippen LogP contribution in [0.4, 0.5) is 0 Å². The maximum atomic E-state index is 12.9. The molecule has 3 heterocycles. The van der Waals surface area contributed by atoms with Crippen molar-refractivity contribution in [1.82, 2.24) is 19.5 Å². The number of aryl methyl sites for hydroxylation is 2. The van der Waals surface area contributed by atoms with E-state index in [1.54, 1.807) is 18.3 Å². The number of nitrogens with one attached hydrogen (secondary N) is 1. The fourth-order valence-electron chi connectivity index (χ4n) is 3.21. The average Bonchev–Trinajstić information content (AvgIpc) is 3.24. The summed E-state index contributed by atoms with van der Waals surface area (Å²) in [6, 6.07) is 11.1. The standard InChI is InChI=1S/C20H20N4O2S/c1-12-4-6-15(7-5-12)11-21-19(25)13(2)24-20(26)17-10-18-16(8-9-27-18)23(17)14(3)22-24/h4-10,13H,11H2,1-3H3,(H,21,25)/t13-/m0/s1. The van der Waals surface area contributed by atoms with Crippen LogP contribution in [0.3, 0.4) is 0 Å². The first kappa shape index (κ1) is 17.5. The number of carbonyl (C=O) groups is 1. The molecule has 0 aliphatic rings. The number of amides is 1. The summed E-state index contributed by atoms with van der Waals surface area (Å²) < 4.78 is 4.16. The van der Waals surface area contributed by atoms with Crippen LogP contribution in [-0.2, 0) is 11.3 Å².